The number of fused-ring (bicyclic) bond motifs is 1. The molecule has 0 aliphatic carbocycles. The van der Waals surface area contributed by atoms with Crippen molar-refractivity contribution in [1.29, 1.82) is 0 Å². The van der Waals surface area contributed by atoms with Crippen molar-refractivity contribution < 1.29 is 9.84 Å². The van der Waals surface area contributed by atoms with Gasteiger partial charge in [0.1, 0.15) is 5.52 Å². The first kappa shape index (κ1) is 21.7. The Morgan fingerprint density at radius 1 is 1.15 bits per heavy atom. The summed E-state index contributed by atoms with van der Waals surface area (Å²) in [5.74, 6) is 2.48. The van der Waals surface area contributed by atoms with Crippen LogP contribution < -0.4 is 20.9 Å². The van der Waals surface area contributed by atoms with Gasteiger partial charge >= 0.3 is 0 Å². The molecule has 0 unspecified atom stereocenters. The minimum absolute atomic E-state index is 0.244. The number of aliphatic hydroxyl groups excluding tert-OH is 1. The second-order valence-electron chi connectivity index (χ2n) is 8.37. The number of nitrogens with one attached hydrogen (secondary N) is 3. The van der Waals surface area contributed by atoms with Crippen molar-refractivity contribution in [3.05, 3.63) is 30.1 Å². The molecular weight excluding hydrogens is 422 g/mol. The second-order valence-corrected chi connectivity index (χ2v) is 8.37. The van der Waals surface area contributed by atoms with Gasteiger partial charge in [0, 0.05) is 57.0 Å². The number of aliphatic hydroxyl groups is 1. The van der Waals surface area contributed by atoms with Crippen LogP contribution in [0.4, 0.5) is 23.4 Å². The summed E-state index contributed by atoms with van der Waals surface area (Å²) in [5, 5.41) is 29.5. The summed E-state index contributed by atoms with van der Waals surface area (Å²) < 4.78 is 5.46. The van der Waals surface area contributed by atoms with E-state index in [1.807, 2.05) is 18.2 Å². The molecule has 0 spiro atoms. The van der Waals surface area contributed by atoms with E-state index in [2.05, 4.69) is 41.0 Å². The summed E-state index contributed by atoms with van der Waals surface area (Å²) in [6.45, 7) is 6.86. The molecule has 2 fully saturated rings. The first-order chi connectivity index (χ1) is 16.2. The summed E-state index contributed by atoms with van der Waals surface area (Å²) in [5.41, 5.74) is 1.27. The van der Waals surface area contributed by atoms with Gasteiger partial charge in [0.2, 0.25) is 5.95 Å². The van der Waals surface area contributed by atoms with E-state index in [1.54, 1.807) is 13.1 Å². The highest BCUT2D eigenvalue weighted by Crippen LogP contribution is 2.27. The Kier molecular flexibility index (Phi) is 6.42. The Morgan fingerprint density at radius 2 is 1.97 bits per heavy atom. The molecule has 174 valence electrons. The molecule has 11 nitrogen and oxygen atoms in total. The predicted octanol–water partition coefficient (Wildman–Crippen LogP) is 1.61. The van der Waals surface area contributed by atoms with E-state index >= 15 is 0 Å². The molecule has 4 N–H and O–H groups in total. The van der Waals surface area contributed by atoms with Gasteiger partial charge in [0.25, 0.3) is 0 Å². The lowest BCUT2D eigenvalue weighted by Gasteiger charge is -2.27. The normalized spacial score (nSPS) is 18.3. The summed E-state index contributed by atoms with van der Waals surface area (Å²) in [6.07, 6.45) is 2.84. The highest BCUT2D eigenvalue weighted by Gasteiger charge is 2.18. The molecule has 11 heteroatoms. The van der Waals surface area contributed by atoms with Crippen LogP contribution in [0.1, 0.15) is 31.6 Å². The quantitative estimate of drug-likeness (QED) is 0.435. The summed E-state index contributed by atoms with van der Waals surface area (Å²) in [4.78, 5) is 16.0. The van der Waals surface area contributed by atoms with Crippen LogP contribution in [-0.2, 0) is 4.74 Å². The molecule has 3 aromatic rings. The molecule has 0 amide bonds. The third kappa shape index (κ3) is 5.10. The minimum atomic E-state index is -0.688. The Balaban J connectivity index is 1.39. The van der Waals surface area contributed by atoms with Crippen molar-refractivity contribution in [1.82, 2.24) is 30.5 Å². The fourth-order valence-electron chi connectivity index (χ4n) is 4.04. The number of rotatable bonds is 6. The SMILES string of the molecule is C[C@@H](O)c1cc2cnc(Nc3ccc(N4CCNCC4)nn3)nc2c(NC2CCOCC2)n1. The highest BCUT2D eigenvalue weighted by atomic mass is 16.5. The van der Waals surface area contributed by atoms with E-state index in [0.717, 1.165) is 63.4 Å². The van der Waals surface area contributed by atoms with Crippen LogP contribution in [0.15, 0.2) is 24.4 Å². The molecule has 0 bridgehead atoms. The number of ether oxygens (including phenoxy) is 1. The number of pyridine rings is 1. The van der Waals surface area contributed by atoms with Gasteiger partial charge in [-0.2, -0.15) is 0 Å². The fourth-order valence-corrected chi connectivity index (χ4v) is 4.04. The second kappa shape index (κ2) is 9.77. The molecule has 2 aliphatic rings. The molecule has 2 aliphatic heterocycles. The van der Waals surface area contributed by atoms with Gasteiger partial charge in [-0.1, -0.05) is 0 Å². The number of piperazine rings is 1. The first-order valence-corrected chi connectivity index (χ1v) is 11.4. The number of nitrogens with zero attached hydrogens (tertiary/aromatic N) is 6. The van der Waals surface area contributed by atoms with Crippen molar-refractivity contribution in [2.24, 2.45) is 0 Å². The molecule has 0 aromatic carbocycles. The van der Waals surface area contributed by atoms with Crippen molar-refractivity contribution >= 4 is 34.3 Å². The highest BCUT2D eigenvalue weighted by molar-refractivity contribution is 5.89. The summed E-state index contributed by atoms with van der Waals surface area (Å²) >= 11 is 0. The maximum Gasteiger partial charge on any atom is 0.229 e. The maximum absolute atomic E-state index is 10.1. The Bertz CT molecular complexity index is 1080. The Labute approximate surface area is 192 Å². The van der Waals surface area contributed by atoms with E-state index in [0.29, 0.717) is 28.8 Å². The average molecular weight is 452 g/mol. The van der Waals surface area contributed by atoms with Gasteiger partial charge < -0.3 is 30.7 Å². The van der Waals surface area contributed by atoms with Gasteiger partial charge in [-0.15, -0.1) is 10.2 Å². The van der Waals surface area contributed by atoms with Gasteiger partial charge in [-0.3, -0.25) is 0 Å². The van der Waals surface area contributed by atoms with Crippen molar-refractivity contribution in [2.75, 3.05) is 54.9 Å². The molecule has 0 saturated carbocycles. The number of aromatic nitrogens is 5. The van der Waals surface area contributed by atoms with Gasteiger partial charge in [0.05, 0.1) is 11.8 Å². The van der Waals surface area contributed by atoms with E-state index in [9.17, 15) is 5.11 Å². The topological polar surface area (TPSA) is 133 Å². The molecular formula is C22H29N9O2. The molecule has 0 radical (unpaired) electrons. The number of hydrogen-bond acceptors (Lipinski definition) is 11. The molecule has 3 aromatic heterocycles. The van der Waals surface area contributed by atoms with E-state index in [1.165, 1.54) is 0 Å². The smallest absolute Gasteiger partial charge is 0.229 e. The maximum atomic E-state index is 10.1. The zero-order valence-corrected chi connectivity index (χ0v) is 18.7. The predicted molar refractivity (Wildman–Crippen MR) is 126 cm³/mol. The Hall–Kier alpha value is -3.15. The van der Waals surface area contributed by atoms with Crippen LogP contribution in [-0.4, -0.2) is 75.7 Å². The minimum Gasteiger partial charge on any atom is -0.387 e. The van der Waals surface area contributed by atoms with Crippen molar-refractivity contribution in [3.63, 3.8) is 0 Å². The zero-order chi connectivity index (χ0) is 22.6. The van der Waals surface area contributed by atoms with E-state index in [-0.39, 0.29) is 6.04 Å². The average Bonchev–Trinajstić information content (AvgIpc) is 2.86. The standard InChI is InChI=1S/C22H29N9O2/c1-14(32)17-12-15-13-24-22(28-20(15)21(26-17)25-16-4-10-33-11-5-16)27-18-2-3-19(30-29-18)31-8-6-23-7-9-31/h2-3,12-14,16,23,32H,4-11H2,1H3,(H,25,26)(H,24,27,28,29)/t14-/m1/s1. The van der Waals surface area contributed by atoms with Crippen LogP contribution in [0.2, 0.25) is 0 Å². The van der Waals surface area contributed by atoms with Crippen LogP contribution in [0, 0.1) is 0 Å². The van der Waals surface area contributed by atoms with Crippen molar-refractivity contribution in [2.45, 2.75) is 31.9 Å². The molecule has 5 rings (SSSR count). The van der Waals surface area contributed by atoms with Crippen molar-refractivity contribution in [3.8, 4) is 0 Å². The monoisotopic (exact) mass is 451 g/mol. The first-order valence-electron chi connectivity index (χ1n) is 11.4. The lowest BCUT2D eigenvalue weighted by molar-refractivity contribution is 0.0904. The fraction of sp³-hybridized carbons (Fsp3) is 0.500. The lowest BCUT2D eigenvalue weighted by Crippen LogP contribution is -2.43. The lowest BCUT2D eigenvalue weighted by atomic mass is 10.1. The third-order valence-electron chi connectivity index (χ3n) is 5.91. The number of anilines is 4. The van der Waals surface area contributed by atoms with E-state index in [4.69, 9.17) is 9.72 Å². The summed E-state index contributed by atoms with van der Waals surface area (Å²) in [6, 6.07) is 5.90. The Morgan fingerprint density at radius 3 is 2.70 bits per heavy atom. The van der Waals surface area contributed by atoms with E-state index < -0.39 is 6.10 Å². The van der Waals surface area contributed by atoms with Gasteiger partial charge in [-0.25, -0.2) is 15.0 Å². The van der Waals surface area contributed by atoms with Crippen LogP contribution >= 0.6 is 0 Å². The molecule has 33 heavy (non-hydrogen) atoms. The van der Waals surface area contributed by atoms with Crippen LogP contribution in [0.3, 0.4) is 0 Å². The van der Waals surface area contributed by atoms with Crippen LogP contribution in [0.5, 0.6) is 0 Å². The van der Waals surface area contributed by atoms with Gasteiger partial charge in [0.15, 0.2) is 17.5 Å². The molecule has 5 heterocycles. The third-order valence-corrected chi connectivity index (χ3v) is 5.91. The number of hydrogen-bond donors (Lipinski definition) is 4. The van der Waals surface area contributed by atoms with Gasteiger partial charge in [-0.05, 0) is 38.0 Å². The van der Waals surface area contributed by atoms with Crippen LogP contribution in [0.25, 0.3) is 10.9 Å². The zero-order valence-electron chi connectivity index (χ0n) is 18.7. The largest absolute Gasteiger partial charge is 0.387 e. The summed E-state index contributed by atoms with van der Waals surface area (Å²) in [7, 11) is 0. The molecule has 2 saturated heterocycles. The molecule has 1 atom stereocenters.